The Morgan fingerprint density at radius 1 is 1.18 bits per heavy atom. The Morgan fingerprint density at radius 2 is 1.64 bits per heavy atom. The Balaban J connectivity index is 3.98. The van der Waals surface area contributed by atoms with Crippen molar-refractivity contribution in [2.75, 3.05) is 6.54 Å². The predicted molar refractivity (Wildman–Crippen MR) is 50.2 cm³/mol. The fourth-order valence-electron chi connectivity index (χ4n) is 1.15. The quantitative estimate of drug-likeness (QED) is 0.564. The highest BCUT2D eigenvalue weighted by atomic mass is 14.7. The van der Waals surface area contributed by atoms with E-state index in [4.69, 9.17) is 11.5 Å². The first-order valence-electron chi connectivity index (χ1n) is 3.89. The lowest BCUT2D eigenvalue weighted by atomic mass is 9.89. The Bertz CT molecular complexity index is 120. The largest absolute Gasteiger partial charge is 0.330 e. The third-order valence-electron chi connectivity index (χ3n) is 1.74. The van der Waals surface area contributed by atoms with E-state index in [-0.39, 0.29) is 5.54 Å². The molecule has 11 heavy (non-hydrogen) atoms. The molecule has 0 aliphatic heterocycles. The molecule has 0 radical (unpaired) electrons. The second kappa shape index (κ2) is 5.10. The third kappa shape index (κ3) is 3.96. The number of rotatable bonds is 6. The summed E-state index contributed by atoms with van der Waals surface area (Å²) in [7, 11) is 0. The highest BCUT2D eigenvalue weighted by Crippen LogP contribution is 2.16. The third-order valence-corrected chi connectivity index (χ3v) is 1.74. The zero-order chi connectivity index (χ0) is 8.74. The predicted octanol–water partition coefficient (Wildman–Crippen LogP) is 1.18. The minimum Gasteiger partial charge on any atom is -0.330 e. The molecule has 0 atom stereocenters. The van der Waals surface area contributed by atoms with Gasteiger partial charge in [0.2, 0.25) is 0 Å². The van der Waals surface area contributed by atoms with Crippen LogP contribution in [0.1, 0.15) is 19.3 Å². The van der Waals surface area contributed by atoms with Crippen molar-refractivity contribution < 1.29 is 0 Å². The molecule has 2 nitrogen and oxygen atoms in total. The van der Waals surface area contributed by atoms with Gasteiger partial charge in [-0.15, -0.1) is 13.2 Å². The maximum Gasteiger partial charge on any atom is 0.0235 e. The molecular formula is C9H18N2. The van der Waals surface area contributed by atoms with Gasteiger partial charge in [-0.1, -0.05) is 12.2 Å². The Labute approximate surface area is 69.0 Å². The molecule has 0 aliphatic carbocycles. The van der Waals surface area contributed by atoms with Gasteiger partial charge in [0.05, 0.1) is 0 Å². The van der Waals surface area contributed by atoms with Crippen molar-refractivity contribution in [1.29, 1.82) is 0 Å². The van der Waals surface area contributed by atoms with Crippen molar-refractivity contribution in [1.82, 2.24) is 0 Å². The molecule has 0 saturated carbocycles. The first kappa shape index (κ1) is 10.4. The molecule has 0 unspecified atom stereocenters. The van der Waals surface area contributed by atoms with Crippen LogP contribution in [0.2, 0.25) is 0 Å². The van der Waals surface area contributed by atoms with Crippen molar-refractivity contribution >= 4 is 0 Å². The second-order valence-electron chi connectivity index (χ2n) is 2.89. The van der Waals surface area contributed by atoms with Gasteiger partial charge < -0.3 is 11.5 Å². The fourth-order valence-corrected chi connectivity index (χ4v) is 1.15. The summed E-state index contributed by atoms with van der Waals surface area (Å²) in [6.07, 6.45) is 6.09. The normalized spacial score (nSPS) is 11.1. The molecule has 0 amide bonds. The average molecular weight is 154 g/mol. The van der Waals surface area contributed by atoms with Gasteiger partial charge in [0.1, 0.15) is 0 Å². The number of hydrogen-bond acceptors (Lipinski definition) is 2. The summed E-state index contributed by atoms with van der Waals surface area (Å²) in [4.78, 5) is 0. The molecule has 64 valence electrons. The zero-order valence-corrected chi connectivity index (χ0v) is 7.05. The summed E-state index contributed by atoms with van der Waals surface area (Å²) >= 11 is 0. The highest BCUT2D eigenvalue weighted by molar-refractivity contribution is 4.95. The Morgan fingerprint density at radius 3 is 1.91 bits per heavy atom. The van der Waals surface area contributed by atoms with Crippen molar-refractivity contribution in [2.24, 2.45) is 11.5 Å². The number of nitrogens with two attached hydrogens (primary N) is 2. The molecular weight excluding hydrogens is 136 g/mol. The van der Waals surface area contributed by atoms with Gasteiger partial charge in [-0.3, -0.25) is 0 Å². The maximum absolute atomic E-state index is 6.01. The Kier molecular flexibility index (Phi) is 4.83. The van der Waals surface area contributed by atoms with Crippen LogP contribution in [0, 0.1) is 0 Å². The van der Waals surface area contributed by atoms with Crippen LogP contribution >= 0.6 is 0 Å². The van der Waals surface area contributed by atoms with Crippen LogP contribution in [0.3, 0.4) is 0 Å². The molecule has 2 heteroatoms. The van der Waals surface area contributed by atoms with Gasteiger partial charge in [0.25, 0.3) is 0 Å². The summed E-state index contributed by atoms with van der Waals surface area (Å²) in [5.41, 5.74) is 11.2. The van der Waals surface area contributed by atoms with Crippen molar-refractivity contribution in [3.05, 3.63) is 25.3 Å². The minimum atomic E-state index is -0.210. The van der Waals surface area contributed by atoms with Crippen LogP contribution in [-0.2, 0) is 0 Å². The van der Waals surface area contributed by atoms with E-state index in [0.717, 1.165) is 19.3 Å². The van der Waals surface area contributed by atoms with Gasteiger partial charge >= 0.3 is 0 Å². The highest BCUT2D eigenvalue weighted by Gasteiger charge is 2.19. The SMILES string of the molecule is C=CCC(N)(CC=C)CCN. The lowest BCUT2D eigenvalue weighted by molar-refractivity contribution is 0.408. The van der Waals surface area contributed by atoms with E-state index in [2.05, 4.69) is 13.2 Å². The molecule has 0 aromatic heterocycles. The van der Waals surface area contributed by atoms with Crippen molar-refractivity contribution in [3.63, 3.8) is 0 Å². The van der Waals surface area contributed by atoms with Gasteiger partial charge in [-0.05, 0) is 25.8 Å². The minimum absolute atomic E-state index is 0.210. The molecule has 0 aromatic carbocycles. The van der Waals surface area contributed by atoms with Gasteiger partial charge in [0.15, 0.2) is 0 Å². The first-order valence-corrected chi connectivity index (χ1v) is 3.89. The summed E-state index contributed by atoms with van der Waals surface area (Å²) in [6, 6.07) is 0. The molecule has 0 spiro atoms. The fraction of sp³-hybridized carbons (Fsp3) is 0.556. The maximum atomic E-state index is 6.01. The smallest absolute Gasteiger partial charge is 0.0235 e. The standard InChI is InChI=1S/C9H18N2/c1-3-5-9(11,6-4-2)7-8-10/h3-4H,1-2,5-8,10-11H2. The molecule has 0 fully saturated rings. The van der Waals surface area contributed by atoms with E-state index in [1.54, 1.807) is 0 Å². The zero-order valence-electron chi connectivity index (χ0n) is 7.05. The van der Waals surface area contributed by atoms with Crippen LogP contribution in [0.15, 0.2) is 25.3 Å². The van der Waals surface area contributed by atoms with Crippen molar-refractivity contribution in [2.45, 2.75) is 24.8 Å². The topological polar surface area (TPSA) is 52.0 Å². The Hall–Kier alpha value is -0.600. The van der Waals surface area contributed by atoms with Gasteiger partial charge in [-0.2, -0.15) is 0 Å². The lowest BCUT2D eigenvalue weighted by Gasteiger charge is -2.26. The molecule has 0 aromatic rings. The van der Waals surface area contributed by atoms with E-state index in [1.165, 1.54) is 0 Å². The molecule has 0 rings (SSSR count). The van der Waals surface area contributed by atoms with Crippen LogP contribution in [-0.4, -0.2) is 12.1 Å². The molecule has 0 saturated heterocycles. The molecule has 0 heterocycles. The van der Waals surface area contributed by atoms with Crippen LogP contribution < -0.4 is 11.5 Å². The van der Waals surface area contributed by atoms with E-state index in [9.17, 15) is 0 Å². The van der Waals surface area contributed by atoms with Crippen molar-refractivity contribution in [3.8, 4) is 0 Å². The first-order chi connectivity index (χ1) is 5.18. The van der Waals surface area contributed by atoms with E-state index in [1.807, 2.05) is 12.2 Å². The van der Waals surface area contributed by atoms with Gasteiger partial charge in [-0.25, -0.2) is 0 Å². The van der Waals surface area contributed by atoms with E-state index < -0.39 is 0 Å². The summed E-state index contributed by atoms with van der Waals surface area (Å²) < 4.78 is 0. The summed E-state index contributed by atoms with van der Waals surface area (Å²) in [5.74, 6) is 0. The molecule has 0 aliphatic rings. The summed E-state index contributed by atoms with van der Waals surface area (Å²) in [5, 5.41) is 0. The average Bonchev–Trinajstić information content (AvgIpc) is 1.88. The van der Waals surface area contributed by atoms with Gasteiger partial charge in [0, 0.05) is 5.54 Å². The monoisotopic (exact) mass is 154 g/mol. The van der Waals surface area contributed by atoms with E-state index in [0.29, 0.717) is 6.54 Å². The van der Waals surface area contributed by atoms with Crippen LogP contribution in [0.5, 0.6) is 0 Å². The van der Waals surface area contributed by atoms with Crippen LogP contribution in [0.4, 0.5) is 0 Å². The lowest BCUT2D eigenvalue weighted by Crippen LogP contribution is -2.40. The number of hydrogen-bond donors (Lipinski definition) is 2. The second-order valence-corrected chi connectivity index (χ2v) is 2.89. The summed E-state index contributed by atoms with van der Waals surface area (Å²) in [6.45, 7) is 7.93. The van der Waals surface area contributed by atoms with E-state index >= 15 is 0 Å². The molecule has 4 N–H and O–H groups in total. The molecule has 0 bridgehead atoms. The van der Waals surface area contributed by atoms with Crippen LogP contribution in [0.25, 0.3) is 0 Å².